The van der Waals surface area contributed by atoms with Crippen molar-refractivity contribution in [1.29, 1.82) is 5.41 Å². The number of rotatable bonds is 7. The Kier molecular flexibility index (Phi) is 6.42. The van der Waals surface area contributed by atoms with Crippen molar-refractivity contribution >= 4 is 29.4 Å². The molecule has 1 aromatic heterocycles. The molecule has 0 amide bonds. The molecule has 0 aromatic carbocycles. The minimum atomic E-state index is 0.460. The maximum Gasteiger partial charge on any atom is 0.228 e. The number of hydrogen-bond donors (Lipinski definition) is 3. The lowest BCUT2D eigenvalue weighted by Crippen LogP contribution is -2.32. The molecule has 7 heteroatoms. The Morgan fingerprint density at radius 2 is 2.04 bits per heavy atom. The maximum atomic E-state index is 8.51. The summed E-state index contributed by atoms with van der Waals surface area (Å²) >= 11 is 0. The lowest BCUT2D eigenvalue weighted by atomic mass is 10.1. The van der Waals surface area contributed by atoms with Gasteiger partial charge >= 0.3 is 0 Å². The van der Waals surface area contributed by atoms with Crippen molar-refractivity contribution in [2.75, 3.05) is 35.7 Å². The van der Waals surface area contributed by atoms with Crippen molar-refractivity contribution in [2.45, 2.75) is 52.4 Å². The van der Waals surface area contributed by atoms with Gasteiger partial charge < -0.3 is 20.9 Å². The summed E-state index contributed by atoms with van der Waals surface area (Å²) in [5.74, 6) is 2.67. The summed E-state index contributed by atoms with van der Waals surface area (Å²) in [5.41, 5.74) is 2.00. The lowest BCUT2D eigenvalue weighted by molar-refractivity contribution is 0.568. The summed E-state index contributed by atoms with van der Waals surface area (Å²) in [6.45, 7) is 6.18. The molecule has 0 aliphatic carbocycles. The van der Waals surface area contributed by atoms with Gasteiger partial charge in [0.05, 0.1) is 5.71 Å². The monoisotopic (exact) mass is 369 g/mol. The quantitative estimate of drug-likeness (QED) is 0.631. The summed E-state index contributed by atoms with van der Waals surface area (Å²) in [6.07, 6.45) is 10.2. The zero-order chi connectivity index (χ0) is 19.2. The zero-order valence-electron chi connectivity index (χ0n) is 16.7. The van der Waals surface area contributed by atoms with Crippen LogP contribution in [0.25, 0.3) is 0 Å². The van der Waals surface area contributed by atoms with Crippen LogP contribution < -0.4 is 15.5 Å². The van der Waals surface area contributed by atoms with Crippen LogP contribution in [0, 0.1) is 11.3 Å². The van der Waals surface area contributed by atoms with Crippen LogP contribution in [0.2, 0.25) is 0 Å². The first kappa shape index (κ1) is 19.3. The largest absolute Gasteiger partial charge is 0.383 e. The molecule has 27 heavy (non-hydrogen) atoms. The predicted octanol–water partition coefficient (Wildman–Crippen LogP) is 4.04. The molecule has 0 radical (unpaired) electrons. The van der Waals surface area contributed by atoms with Crippen molar-refractivity contribution in [3.05, 3.63) is 17.6 Å². The Labute approximate surface area is 161 Å². The second-order valence-corrected chi connectivity index (χ2v) is 7.33. The van der Waals surface area contributed by atoms with Gasteiger partial charge in [0, 0.05) is 26.4 Å². The number of nitrogens with zero attached hydrogens (tertiary/aromatic N) is 4. The minimum absolute atomic E-state index is 0.460. The van der Waals surface area contributed by atoms with Crippen LogP contribution in [0.1, 0.15) is 58.1 Å². The van der Waals surface area contributed by atoms with Gasteiger partial charge in [-0.15, -0.1) is 0 Å². The van der Waals surface area contributed by atoms with Crippen LogP contribution in [-0.4, -0.2) is 42.0 Å². The summed E-state index contributed by atoms with van der Waals surface area (Å²) in [6, 6.07) is 0. The fraction of sp³-hybridized carbons (Fsp3) is 0.600. The highest BCUT2D eigenvalue weighted by Gasteiger charge is 2.22. The third kappa shape index (κ3) is 4.64. The molecule has 7 nitrogen and oxygen atoms in total. The molecule has 1 atom stereocenters. The van der Waals surface area contributed by atoms with Crippen LogP contribution in [0.3, 0.4) is 0 Å². The van der Waals surface area contributed by atoms with Gasteiger partial charge in [-0.2, -0.15) is 4.98 Å². The molecule has 1 aromatic rings. The van der Waals surface area contributed by atoms with E-state index in [0.717, 1.165) is 50.3 Å². The summed E-state index contributed by atoms with van der Waals surface area (Å²) < 4.78 is 0. The van der Waals surface area contributed by atoms with Gasteiger partial charge in [-0.1, -0.05) is 20.3 Å². The second kappa shape index (κ2) is 8.97. The molecule has 1 unspecified atom stereocenters. The summed E-state index contributed by atoms with van der Waals surface area (Å²) in [4.78, 5) is 16.3. The first-order valence-electron chi connectivity index (χ1n) is 10.1. The highest BCUT2D eigenvalue weighted by Crippen LogP contribution is 2.30. The number of hydrogen-bond acceptors (Lipinski definition) is 7. The first-order valence-corrected chi connectivity index (χ1v) is 10.1. The average Bonchev–Trinajstić information content (AvgIpc) is 2.70. The summed E-state index contributed by atoms with van der Waals surface area (Å²) in [5, 5.41) is 15.1. The first-order chi connectivity index (χ1) is 13.1. The van der Waals surface area contributed by atoms with E-state index in [1.54, 1.807) is 0 Å². The third-order valence-electron chi connectivity index (χ3n) is 4.97. The van der Waals surface area contributed by atoms with Crippen molar-refractivity contribution in [3.8, 4) is 0 Å². The maximum absolute atomic E-state index is 8.51. The number of piperidine rings is 1. The fourth-order valence-electron chi connectivity index (χ4n) is 3.42. The Morgan fingerprint density at radius 1 is 1.26 bits per heavy atom. The molecule has 3 N–H and O–H groups in total. The molecule has 2 aliphatic heterocycles. The Hall–Kier alpha value is -2.44. The van der Waals surface area contributed by atoms with Crippen LogP contribution in [0.5, 0.6) is 0 Å². The van der Waals surface area contributed by atoms with E-state index < -0.39 is 0 Å². The molecule has 1 fully saturated rings. The second-order valence-electron chi connectivity index (χ2n) is 7.33. The Balaban J connectivity index is 1.99. The number of nitrogens with one attached hydrogen (secondary N) is 3. The van der Waals surface area contributed by atoms with E-state index in [0.29, 0.717) is 35.5 Å². The van der Waals surface area contributed by atoms with Crippen LogP contribution in [-0.2, 0) is 0 Å². The number of aromatic nitrogens is 2. The van der Waals surface area contributed by atoms with Gasteiger partial charge in [0.25, 0.3) is 0 Å². The number of allylic oxidation sites excluding steroid dienone is 1. The molecule has 0 saturated carbocycles. The fourth-order valence-corrected chi connectivity index (χ4v) is 3.42. The van der Waals surface area contributed by atoms with E-state index >= 15 is 0 Å². The molecule has 2 aliphatic rings. The lowest BCUT2D eigenvalue weighted by Gasteiger charge is -2.28. The van der Waals surface area contributed by atoms with E-state index in [-0.39, 0.29) is 0 Å². The van der Waals surface area contributed by atoms with Crippen molar-refractivity contribution in [1.82, 2.24) is 9.97 Å². The van der Waals surface area contributed by atoms with Crippen LogP contribution in [0.4, 0.5) is 17.5 Å². The molecule has 1 saturated heterocycles. The molecule has 0 bridgehead atoms. The van der Waals surface area contributed by atoms with Gasteiger partial charge in [-0.25, -0.2) is 9.98 Å². The Bertz CT molecular complexity index is 732. The summed E-state index contributed by atoms with van der Waals surface area (Å²) in [7, 11) is 1.85. The highest BCUT2D eigenvalue weighted by atomic mass is 15.3. The van der Waals surface area contributed by atoms with E-state index in [1.807, 2.05) is 13.3 Å². The van der Waals surface area contributed by atoms with E-state index in [9.17, 15) is 0 Å². The standard InChI is InChI=1S/C20H31N7/c1-4-8-15(21)17-18(22-3)19(24-16-10-9-14(2)13-23-16)26-20(25-17)27-11-6-5-7-12-27/h10,13-14,21-22H,4-9,11-12H2,1-3H3,(H,24,25,26). The van der Waals surface area contributed by atoms with Gasteiger partial charge in [-0.3, -0.25) is 0 Å². The van der Waals surface area contributed by atoms with Gasteiger partial charge in [-0.05, 0) is 44.1 Å². The predicted molar refractivity (Wildman–Crippen MR) is 113 cm³/mol. The van der Waals surface area contributed by atoms with E-state index in [4.69, 9.17) is 15.4 Å². The number of anilines is 3. The van der Waals surface area contributed by atoms with Crippen molar-refractivity contribution in [2.24, 2.45) is 10.9 Å². The van der Waals surface area contributed by atoms with Gasteiger partial charge in [0.1, 0.15) is 17.2 Å². The molecule has 0 spiro atoms. The minimum Gasteiger partial charge on any atom is -0.383 e. The smallest absolute Gasteiger partial charge is 0.228 e. The zero-order valence-corrected chi connectivity index (χ0v) is 16.7. The molecule has 3 heterocycles. The SMILES string of the molecule is CCCC(=N)c1nc(N2CCCCC2)nc(NC2=CCC(C)C=N2)c1NC. The van der Waals surface area contributed by atoms with Gasteiger partial charge in [0.15, 0.2) is 5.82 Å². The normalized spacial score (nSPS) is 19.6. The number of aliphatic imine (C=N–C) groups is 1. The molecular weight excluding hydrogens is 338 g/mol. The molecule has 3 rings (SSSR count). The van der Waals surface area contributed by atoms with E-state index in [1.165, 1.54) is 6.42 Å². The average molecular weight is 370 g/mol. The van der Waals surface area contributed by atoms with E-state index in [2.05, 4.69) is 40.4 Å². The van der Waals surface area contributed by atoms with Crippen molar-refractivity contribution < 1.29 is 0 Å². The third-order valence-corrected chi connectivity index (χ3v) is 4.97. The van der Waals surface area contributed by atoms with Crippen molar-refractivity contribution in [3.63, 3.8) is 0 Å². The Morgan fingerprint density at radius 3 is 2.67 bits per heavy atom. The topological polar surface area (TPSA) is 89.3 Å². The molecule has 146 valence electrons. The van der Waals surface area contributed by atoms with Gasteiger partial charge in [0.2, 0.25) is 5.95 Å². The van der Waals surface area contributed by atoms with Crippen LogP contribution >= 0.6 is 0 Å². The van der Waals surface area contributed by atoms with Crippen LogP contribution in [0.15, 0.2) is 16.9 Å². The highest BCUT2D eigenvalue weighted by molar-refractivity contribution is 6.03. The molecular formula is C20H31N7.